The summed E-state index contributed by atoms with van der Waals surface area (Å²) in [5.41, 5.74) is 0.116. The summed E-state index contributed by atoms with van der Waals surface area (Å²) in [6.07, 6.45) is -4.37. The van der Waals surface area contributed by atoms with Crippen molar-refractivity contribution in [3.8, 4) is 5.75 Å². The lowest BCUT2D eigenvalue weighted by atomic mass is 10.0. The normalized spacial score (nSPS) is 20.9. The van der Waals surface area contributed by atoms with E-state index in [1.54, 1.807) is 12.1 Å². The predicted molar refractivity (Wildman–Crippen MR) is 97.2 cm³/mol. The molecular weight excluding hydrogens is 379 g/mol. The Morgan fingerprint density at radius 1 is 1.15 bits per heavy atom. The van der Waals surface area contributed by atoms with Gasteiger partial charge < -0.3 is 10.1 Å². The molecule has 2 atom stereocenters. The van der Waals surface area contributed by atoms with Gasteiger partial charge in [0.2, 0.25) is 0 Å². The minimum atomic E-state index is -4.37. The molecule has 0 radical (unpaired) electrons. The van der Waals surface area contributed by atoms with Crippen LogP contribution in [0.25, 0.3) is 0 Å². The van der Waals surface area contributed by atoms with Crippen molar-refractivity contribution >= 4 is 17.5 Å². The van der Waals surface area contributed by atoms with E-state index in [0.29, 0.717) is 16.3 Å². The summed E-state index contributed by atoms with van der Waals surface area (Å²) in [7, 11) is 1.46. The zero-order valence-electron chi connectivity index (χ0n) is 15.0. The largest absolute Gasteiger partial charge is 0.496 e. The summed E-state index contributed by atoms with van der Waals surface area (Å²) >= 11 is 5.97. The molecule has 3 nitrogen and oxygen atoms in total. The van der Waals surface area contributed by atoms with E-state index in [2.05, 4.69) is 5.32 Å². The van der Waals surface area contributed by atoms with Crippen molar-refractivity contribution < 1.29 is 22.7 Å². The van der Waals surface area contributed by atoms with E-state index in [9.17, 15) is 18.0 Å². The summed E-state index contributed by atoms with van der Waals surface area (Å²) in [6.45, 7) is 3.94. The number of benzene rings is 2. The van der Waals surface area contributed by atoms with Gasteiger partial charge in [0.15, 0.2) is 0 Å². The van der Waals surface area contributed by atoms with Gasteiger partial charge in [-0.15, -0.1) is 0 Å². The zero-order chi connectivity index (χ0) is 20.0. The fraction of sp³-hybridized carbons (Fsp3) is 0.350. The van der Waals surface area contributed by atoms with E-state index in [4.69, 9.17) is 16.3 Å². The number of carbonyl (C=O) groups is 1. The second-order valence-electron chi connectivity index (χ2n) is 7.21. The first kappa shape index (κ1) is 19.5. The molecule has 1 amide bonds. The molecule has 0 bridgehead atoms. The number of halogens is 4. The lowest BCUT2D eigenvalue weighted by Gasteiger charge is -2.10. The monoisotopic (exact) mass is 397 g/mol. The first-order valence-corrected chi connectivity index (χ1v) is 8.75. The quantitative estimate of drug-likeness (QED) is 0.761. The summed E-state index contributed by atoms with van der Waals surface area (Å²) in [6, 6.07) is 9.66. The summed E-state index contributed by atoms with van der Waals surface area (Å²) < 4.78 is 43.5. The van der Waals surface area contributed by atoms with Crippen LogP contribution in [0.5, 0.6) is 5.75 Å². The molecule has 1 saturated carbocycles. The van der Waals surface area contributed by atoms with Gasteiger partial charge in [0, 0.05) is 17.0 Å². The predicted octanol–water partition coefficient (Wildman–Crippen LogP) is 5.29. The molecule has 2 aromatic carbocycles. The number of rotatable bonds is 4. The Balaban J connectivity index is 1.79. The lowest BCUT2D eigenvalue weighted by Crippen LogP contribution is -2.29. The Morgan fingerprint density at radius 3 is 2.33 bits per heavy atom. The van der Waals surface area contributed by atoms with Crippen LogP contribution in [0.1, 0.15) is 41.3 Å². The molecule has 0 unspecified atom stereocenters. The molecule has 1 fully saturated rings. The zero-order valence-corrected chi connectivity index (χ0v) is 15.8. The first-order valence-electron chi connectivity index (χ1n) is 8.37. The topological polar surface area (TPSA) is 38.3 Å². The van der Waals surface area contributed by atoms with E-state index in [0.717, 1.165) is 17.7 Å². The SMILES string of the molecule is COc1ccc(Cl)cc1C(=O)N[C@@H]1[C@@H](c2ccc(C(F)(F)F)cc2)C1(C)C. The number of methoxy groups -OCH3 is 1. The average Bonchev–Trinajstić information content (AvgIpc) is 3.14. The fourth-order valence-corrected chi connectivity index (χ4v) is 3.66. The second kappa shape index (κ2) is 6.75. The van der Waals surface area contributed by atoms with E-state index in [-0.39, 0.29) is 23.3 Å². The first-order chi connectivity index (χ1) is 12.6. The van der Waals surface area contributed by atoms with Gasteiger partial charge in [0.25, 0.3) is 5.91 Å². The van der Waals surface area contributed by atoms with Crippen LogP contribution in [0.3, 0.4) is 0 Å². The molecule has 27 heavy (non-hydrogen) atoms. The molecular formula is C20H19ClF3NO2. The van der Waals surface area contributed by atoms with Gasteiger partial charge in [-0.1, -0.05) is 37.6 Å². The lowest BCUT2D eigenvalue weighted by molar-refractivity contribution is -0.137. The number of nitrogens with one attached hydrogen (secondary N) is 1. The standard InChI is InChI=1S/C20H19ClF3NO2/c1-19(2)16(11-4-6-12(7-5-11)20(22,23)24)17(19)25-18(26)14-10-13(21)8-9-15(14)27-3/h4-10,16-17H,1-3H3,(H,25,26)/t16-,17-/m1/s1. The molecule has 0 aliphatic heterocycles. The van der Waals surface area contributed by atoms with Crippen molar-refractivity contribution in [2.45, 2.75) is 32.0 Å². The van der Waals surface area contributed by atoms with E-state index < -0.39 is 11.7 Å². The summed E-state index contributed by atoms with van der Waals surface area (Å²) in [5, 5.41) is 3.37. The molecule has 1 aliphatic rings. The molecule has 3 rings (SSSR count). The van der Waals surface area contributed by atoms with Crippen molar-refractivity contribution in [2.24, 2.45) is 5.41 Å². The Kier molecular flexibility index (Phi) is 4.89. The molecule has 1 aliphatic carbocycles. The Hall–Kier alpha value is -2.21. The number of carbonyl (C=O) groups excluding carboxylic acids is 1. The third kappa shape index (κ3) is 3.76. The van der Waals surface area contributed by atoms with Crippen LogP contribution in [0.4, 0.5) is 13.2 Å². The molecule has 144 valence electrons. The van der Waals surface area contributed by atoms with E-state index >= 15 is 0 Å². The van der Waals surface area contributed by atoms with Gasteiger partial charge in [-0.2, -0.15) is 13.2 Å². The molecule has 1 N–H and O–H groups in total. The van der Waals surface area contributed by atoms with Crippen molar-refractivity contribution in [3.05, 3.63) is 64.2 Å². The number of amides is 1. The van der Waals surface area contributed by atoms with Crippen molar-refractivity contribution in [1.29, 1.82) is 0 Å². The molecule has 0 spiro atoms. The number of alkyl halides is 3. The summed E-state index contributed by atoms with van der Waals surface area (Å²) in [5.74, 6) is -0.00261. The molecule has 0 heterocycles. The van der Waals surface area contributed by atoms with Gasteiger partial charge in [-0.05, 0) is 41.3 Å². The molecule has 2 aromatic rings. The second-order valence-corrected chi connectivity index (χ2v) is 7.65. The van der Waals surface area contributed by atoms with Gasteiger partial charge in [0.1, 0.15) is 5.75 Å². The van der Waals surface area contributed by atoms with Gasteiger partial charge in [-0.25, -0.2) is 0 Å². The van der Waals surface area contributed by atoms with Gasteiger partial charge >= 0.3 is 6.18 Å². The Morgan fingerprint density at radius 2 is 1.78 bits per heavy atom. The number of hydrogen-bond donors (Lipinski definition) is 1. The van der Waals surface area contributed by atoms with Crippen LogP contribution in [-0.4, -0.2) is 19.1 Å². The maximum Gasteiger partial charge on any atom is 0.416 e. The van der Waals surface area contributed by atoms with Crippen molar-refractivity contribution in [1.82, 2.24) is 5.32 Å². The Bertz CT molecular complexity index is 863. The van der Waals surface area contributed by atoms with Crippen LogP contribution in [0.2, 0.25) is 5.02 Å². The highest BCUT2D eigenvalue weighted by Gasteiger charge is 2.59. The highest BCUT2D eigenvalue weighted by molar-refractivity contribution is 6.31. The van der Waals surface area contributed by atoms with Crippen LogP contribution in [-0.2, 0) is 6.18 Å². The van der Waals surface area contributed by atoms with Gasteiger partial charge in [-0.3, -0.25) is 4.79 Å². The maximum atomic E-state index is 12.7. The molecule has 0 saturated heterocycles. The van der Waals surface area contributed by atoms with E-state index in [1.807, 2.05) is 13.8 Å². The van der Waals surface area contributed by atoms with E-state index in [1.165, 1.54) is 25.3 Å². The molecule has 0 aromatic heterocycles. The summed E-state index contributed by atoms with van der Waals surface area (Å²) in [4.78, 5) is 12.7. The number of hydrogen-bond acceptors (Lipinski definition) is 2. The molecule has 7 heteroatoms. The average molecular weight is 398 g/mol. The van der Waals surface area contributed by atoms with Gasteiger partial charge in [0.05, 0.1) is 18.2 Å². The minimum Gasteiger partial charge on any atom is -0.496 e. The smallest absolute Gasteiger partial charge is 0.416 e. The number of ether oxygens (including phenoxy) is 1. The minimum absolute atomic E-state index is 0.0751. The van der Waals surface area contributed by atoms with Crippen LogP contribution in [0, 0.1) is 5.41 Å². The van der Waals surface area contributed by atoms with Crippen molar-refractivity contribution in [3.63, 3.8) is 0 Å². The Labute approximate surface area is 160 Å². The van der Waals surface area contributed by atoms with Crippen LogP contribution < -0.4 is 10.1 Å². The third-order valence-corrected chi connectivity index (χ3v) is 5.35. The highest BCUT2D eigenvalue weighted by atomic mass is 35.5. The highest BCUT2D eigenvalue weighted by Crippen LogP contribution is 2.58. The fourth-order valence-electron chi connectivity index (χ4n) is 3.49. The maximum absolute atomic E-state index is 12.7. The van der Waals surface area contributed by atoms with Crippen LogP contribution >= 0.6 is 11.6 Å². The van der Waals surface area contributed by atoms with Crippen LogP contribution in [0.15, 0.2) is 42.5 Å². The van der Waals surface area contributed by atoms with Crippen molar-refractivity contribution in [2.75, 3.05) is 7.11 Å². The third-order valence-electron chi connectivity index (χ3n) is 5.12.